The summed E-state index contributed by atoms with van der Waals surface area (Å²) in [6.07, 6.45) is 10.7. The Labute approximate surface area is 217 Å². The van der Waals surface area contributed by atoms with Crippen LogP contribution in [-0.4, -0.2) is 82.5 Å². The summed E-state index contributed by atoms with van der Waals surface area (Å²) in [6.45, 7) is 6.44. The second kappa shape index (κ2) is 10.7. The van der Waals surface area contributed by atoms with Gasteiger partial charge in [0, 0.05) is 75.7 Å². The summed E-state index contributed by atoms with van der Waals surface area (Å²) in [6, 6.07) is 12.7. The van der Waals surface area contributed by atoms with Crippen LogP contribution in [0.15, 0.2) is 67.1 Å². The van der Waals surface area contributed by atoms with Crippen LogP contribution in [0.2, 0.25) is 0 Å². The van der Waals surface area contributed by atoms with E-state index in [9.17, 15) is 4.79 Å². The molecule has 2 aromatic heterocycles. The molecule has 1 amide bonds. The molecule has 8 bridgehead atoms. The fourth-order valence-electron chi connectivity index (χ4n) is 5.23. The number of pyridine rings is 1. The Bertz CT molecular complexity index is 1270. The van der Waals surface area contributed by atoms with Gasteiger partial charge in [0.05, 0.1) is 12.6 Å². The first-order chi connectivity index (χ1) is 18.2. The first-order valence-electron chi connectivity index (χ1n) is 13.0. The van der Waals surface area contributed by atoms with E-state index >= 15 is 0 Å². The van der Waals surface area contributed by atoms with Crippen LogP contribution in [0.4, 0.5) is 17.5 Å². The number of benzene rings is 1. The minimum Gasteiger partial charge on any atom is -0.355 e. The monoisotopic (exact) mass is 496 g/mol. The second-order valence-electron chi connectivity index (χ2n) is 9.87. The van der Waals surface area contributed by atoms with E-state index in [0.717, 1.165) is 68.3 Å². The molecule has 8 heterocycles. The van der Waals surface area contributed by atoms with Crippen LogP contribution in [-0.2, 0) is 11.3 Å². The Morgan fingerprint density at radius 3 is 2.54 bits per heavy atom. The first-order valence-corrected chi connectivity index (χ1v) is 13.0. The van der Waals surface area contributed by atoms with Crippen LogP contribution < -0.4 is 15.5 Å². The van der Waals surface area contributed by atoms with Crippen molar-refractivity contribution in [2.45, 2.75) is 19.0 Å². The number of rotatable bonds is 0. The molecule has 3 aromatic rings. The van der Waals surface area contributed by atoms with Crippen LogP contribution in [0.25, 0.3) is 11.1 Å². The third kappa shape index (κ3) is 5.63. The van der Waals surface area contributed by atoms with Crippen molar-refractivity contribution in [2.24, 2.45) is 0 Å². The van der Waals surface area contributed by atoms with E-state index in [0.29, 0.717) is 19.0 Å². The normalized spacial score (nSPS) is 23.8. The summed E-state index contributed by atoms with van der Waals surface area (Å²) in [7, 11) is 0. The van der Waals surface area contributed by atoms with Gasteiger partial charge in [0.25, 0.3) is 0 Å². The number of aromatic nitrogens is 3. The molecule has 0 spiro atoms. The maximum Gasteiger partial charge on any atom is 0.234 e. The lowest BCUT2D eigenvalue weighted by Gasteiger charge is -2.34. The number of amides is 1. The molecule has 37 heavy (non-hydrogen) atoms. The number of piperazine rings is 1. The molecular weight excluding hydrogens is 464 g/mol. The fraction of sp³-hybridized carbons (Fsp3) is 0.357. The van der Waals surface area contributed by atoms with Crippen molar-refractivity contribution in [3.05, 3.63) is 72.7 Å². The maximum absolute atomic E-state index is 12.6. The Hall–Kier alpha value is -3.82. The zero-order valence-electron chi connectivity index (χ0n) is 20.9. The minimum atomic E-state index is 0.0927. The van der Waals surface area contributed by atoms with E-state index in [-0.39, 0.29) is 11.9 Å². The summed E-state index contributed by atoms with van der Waals surface area (Å²) >= 11 is 0. The number of nitrogens with one attached hydrogen (secondary N) is 2. The van der Waals surface area contributed by atoms with E-state index in [4.69, 9.17) is 0 Å². The summed E-state index contributed by atoms with van der Waals surface area (Å²) in [4.78, 5) is 33.3. The highest BCUT2D eigenvalue weighted by atomic mass is 16.2. The van der Waals surface area contributed by atoms with Crippen molar-refractivity contribution in [3.8, 4) is 11.1 Å². The molecule has 9 heteroatoms. The number of hydrogen-bond donors (Lipinski definition) is 2. The summed E-state index contributed by atoms with van der Waals surface area (Å²) < 4.78 is 0. The van der Waals surface area contributed by atoms with Crippen molar-refractivity contribution in [2.75, 3.05) is 56.0 Å². The number of carbonyl (C=O) groups excluding carboxylic acids is 1. The number of nitrogens with zero attached hydrogens (tertiary/aromatic N) is 6. The maximum atomic E-state index is 12.6. The van der Waals surface area contributed by atoms with Gasteiger partial charge in [-0.05, 0) is 41.8 Å². The Morgan fingerprint density at radius 2 is 1.70 bits per heavy atom. The van der Waals surface area contributed by atoms with Crippen LogP contribution in [0, 0.1) is 0 Å². The predicted molar refractivity (Wildman–Crippen MR) is 145 cm³/mol. The lowest BCUT2D eigenvalue weighted by molar-refractivity contribution is -0.122. The third-order valence-corrected chi connectivity index (χ3v) is 7.25. The Balaban J connectivity index is 1.26. The Morgan fingerprint density at radius 1 is 0.892 bits per heavy atom. The molecule has 1 fully saturated rings. The van der Waals surface area contributed by atoms with Gasteiger partial charge in [-0.3, -0.25) is 14.6 Å². The molecule has 0 saturated carbocycles. The topological polar surface area (TPSA) is 89.5 Å². The number of anilines is 3. The van der Waals surface area contributed by atoms with Crippen molar-refractivity contribution < 1.29 is 4.79 Å². The van der Waals surface area contributed by atoms with Crippen LogP contribution in [0.3, 0.4) is 0 Å². The molecular formula is C28H32N8O. The molecule has 6 aliphatic rings. The number of hydrogen-bond acceptors (Lipinski definition) is 8. The van der Waals surface area contributed by atoms with Gasteiger partial charge in [-0.1, -0.05) is 24.3 Å². The van der Waals surface area contributed by atoms with Crippen LogP contribution >= 0.6 is 0 Å². The van der Waals surface area contributed by atoms with Crippen molar-refractivity contribution in [1.82, 2.24) is 30.1 Å². The SMILES string of the molecule is O=C1CN2CCN(CC2)Cc2cccc(c2)Nc2cc(ccn2)-c2cnc(nc2)N2CC=CC2CCN1. The minimum absolute atomic E-state index is 0.0927. The van der Waals surface area contributed by atoms with E-state index in [1.807, 2.05) is 30.7 Å². The molecule has 1 unspecified atom stereocenters. The smallest absolute Gasteiger partial charge is 0.234 e. The largest absolute Gasteiger partial charge is 0.355 e. The van der Waals surface area contributed by atoms with Crippen molar-refractivity contribution in [1.29, 1.82) is 0 Å². The van der Waals surface area contributed by atoms with Gasteiger partial charge in [-0.2, -0.15) is 0 Å². The van der Waals surface area contributed by atoms with Gasteiger partial charge < -0.3 is 15.5 Å². The van der Waals surface area contributed by atoms with Crippen LogP contribution in [0.5, 0.6) is 0 Å². The molecule has 0 aliphatic carbocycles. The molecule has 1 atom stereocenters. The second-order valence-corrected chi connectivity index (χ2v) is 9.87. The quantitative estimate of drug-likeness (QED) is 0.460. The molecule has 0 radical (unpaired) electrons. The van der Waals surface area contributed by atoms with Crippen molar-refractivity contribution >= 4 is 23.4 Å². The molecule has 9 rings (SSSR count). The molecule has 1 saturated heterocycles. The average Bonchev–Trinajstić information content (AvgIpc) is 3.38. The molecule has 9 nitrogen and oxygen atoms in total. The zero-order valence-corrected chi connectivity index (χ0v) is 20.9. The highest BCUT2D eigenvalue weighted by molar-refractivity contribution is 5.78. The highest BCUT2D eigenvalue weighted by Crippen LogP contribution is 2.25. The first kappa shape index (κ1) is 23.6. The predicted octanol–water partition coefficient (Wildman–Crippen LogP) is 2.66. The van der Waals surface area contributed by atoms with E-state index in [1.165, 1.54) is 5.56 Å². The van der Waals surface area contributed by atoms with E-state index in [2.05, 4.69) is 76.7 Å². The Kier molecular flexibility index (Phi) is 6.79. The standard InChI is InChI=1S/C28H32N8O/c37-27-20-35-13-11-34(12-14-35)19-21-3-1-4-24(15-21)33-26-16-22(6-8-29-26)23-17-31-28(32-18-23)36-10-2-5-25(36)7-9-30-27/h1-6,8,15-18,25H,7,9-14,19-20H2,(H,29,33)(H,30,37). The lowest BCUT2D eigenvalue weighted by Crippen LogP contribution is -2.49. The highest BCUT2D eigenvalue weighted by Gasteiger charge is 2.23. The number of carbonyl (C=O) groups is 1. The summed E-state index contributed by atoms with van der Waals surface area (Å²) in [5.41, 5.74) is 4.21. The van der Waals surface area contributed by atoms with E-state index < -0.39 is 0 Å². The summed E-state index contributed by atoms with van der Waals surface area (Å²) in [5, 5.41) is 6.57. The van der Waals surface area contributed by atoms with Gasteiger partial charge >= 0.3 is 0 Å². The molecule has 190 valence electrons. The van der Waals surface area contributed by atoms with Gasteiger partial charge in [0.2, 0.25) is 11.9 Å². The van der Waals surface area contributed by atoms with Gasteiger partial charge in [-0.25, -0.2) is 15.0 Å². The van der Waals surface area contributed by atoms with Crippen LogP contribution in [0.1, 0.15) is 12.0 Å². The summed E-state index contributed by atoms with van der Waals surface area (Å²) in [5.74, 6) is 1.58. The zero-order chi connectivity index (χ0) is 25.0. The van der Waals surface area contributed by atoms with Gasteiger partial charge in [0.1, 0.15) is 5.82 Å². The molecule has 1 aromatic carbocycles. The molecule has 6 aliphatic heterocycles. The molecule has 2 N–H and O–H groups in total. The van der Waals surface area contributed by atoms with Crippen molar-refractivity contribution in [3.63, 3.8) is 0 Å². The average molecular weight is 497 g/mol. The lowest BCUT2D eigenvalue weighted by atomic mass is 10.1. The third-order valence-electron chi connectivity index (χ3n) is 7.25. The van der Waals surface area contributed by atoms with Gasteiger partial charge in [-0.15, -0.1) is 0 Å². The van der Waals surface area contributed by atoms with Gasteiger partial charge in [0.15, 0.2) is 0 Å². The fourth-order valence-corrected chi connectivity index (χ4v) is 5.23. The van der Waals surface area contributed by atoms with E-state index in [1.54, 1.807) is 0 Å².